The van der Waals surface area contributed by atoms with Gasteiger partial charge in [-0.15, -0.1) is 5.10 Å². The average Bonchev–Trinajstić information content (AvgIpc) is 3.40. The van der Waals surface area contributed by atoms with Crippen LogP contribution < -0.4 is 0 Å². The molecule has 1 aromatic carbocycles. The molecular weight excluding hydrogens is 358 g/mol. The summed E-state index contributed by atoms with van der Waals surface area (Å²) in [5.74, 6) is 0.760. The number of aromatic nitrogens is 6. The van der Waals surface area contributed by atoms with Gasteiger partial charge in [0.15, 0.2) is 5.82 Å². The van der Waals surface area contributed by atoms with Crippen LogP contribution in [0.1, 0.15) is 23.1 Å². The lowest BCUT2D eigenvalue weighted by molar-refractivity contribution is -0.0396. The van der Waals surface area contributed by atoms with Gasteiger partial charge in [-0.2, -0.15) is 5.10 Å². The number of morpholine rings is 1. The van der Waals surface area contributed by atoms with E-state index in [0.29, 0.717) is 19.8 Å². The van der Waals surface area contributed by atoms with Gasteiger partial charge in [-0.05, 0) is 27.6 Å². The summed E-state index contributed by atoms with van der Waals surface area (Å²) in [6.07, 6.45) is 3.65. The Morgan fingerprint density at radius 1 is 1.18 bits per heavy atom. The smallest absolute Gasteiger partial charge is 0.181 e. The van der Waals surface area contributed by atoms with Crippen LogP contribution in [0.4, 0.5) is 0 Å². The monoisotopic (exact) mass is 383 g/mol. The predicted molar refractivity (Wildman–Crippen MR) is 101 cm³/mol. The van der Waals surface area contributed by atoms with E-state index < -0.39 is 0 Å². The van der Waals surface area contributed by atoms with E-state index in [0.717, 1.165) is 32.0 Å². The topological polar surface area (TPSA) is 83.1 Å². The van der Waals surface area contributed by atoms with Gasteiger partial charge in [-0.1, -0.05) is 24.3 Å². The second kappa shape index (κ2) is 9.05. The van der Waals surface area contributed by atoms with Gasteiger partial charge in [0.1, 0.15) is 6.10 Å². The molecule has 9 nitrogen and oxygen atoms in total. The lowest BCUT2D eigenvalue weighted by Gasteiger charge is -2.32. The molecule has 0 amide bonds. The SMILES string of the molecule is COCCn1nnnc1C1CN(Cc2ccc(Cn3cccn3)cc2)CCO1. The van der Waals surface area contributed by atoms with Gasteiger partial charge in [0.05, 0.1) is 26.3 Å². The van der Waals surface area contributed by atoms with E-state index >= 15 is 0 Å². The molecule has 0 radical (unpaired) electrons. The molecule has 1 atom stereocenters. The maximum absolute atomic E-state index is 5.93. The number of hydrogen-bond acceptors (Lipinski definition) is 7. The van der Waals surface area contributed by atoms with Gasteiger partial charge < -0.3 is 9.47 Å². The van der Waals surface area contributed by atoms with E-state index in [2.05, 4.69) is 49.8 Å². The predicted octanol–water partition coefficient (Wildman–Crippen LogP) is 1.14. The van der Waals surface area contributed by atoms with Gasteiger partial charge >= 0.3 is 0 Å². The minimum absolute atomic E-state index is 0.125. The van der Waals surface area contributed by atoms with Crippen molar-refractivity contribution in [3.8, 4) is 0 Å². The summed E-state index contributed by atoms with van der Waals surface area (Å²) in [5, 5.41) is 16.3. The molecule has 4 rings (SSSR count). The lowest BCUT2D eigenvalue weighted by atomic mass is 10.1. The largest absolute Gasteiger partial charge is 0.383 e. The molecule has 28 heavy (non-hydrogen) atoms. The lowest BCUT2D eigenvalue weighted by Crippen LogP contribution is -2.39. The van der Waals surface area contributed by atoms with E-state index in [1.807, 2.05) is 16.9 Å². The van der Waals surface area contributed by atoms with Crippen LogP contribution in [-0.2, 0) is 29.1 Å². The molecular formula is C19H25N7O2. The molecule has 0 saturated carbocycles. The standard InChI is InChI=1S/C19H25N7O2/c1-27-11-10-26-19(21-22-23-26)18-15-24(9-12-28-18)13-16-3-5-17(6-4-16)14-25-8-2-7-20-25/h2-8,18H,9-15H2,1H3. The number of tetrazole rings is 1. The van der Waals surface area contributed by atoms with E-state index in [-0.39, 0.29) is 6.10 Å². The molecule has 1 aliphatic rings. The average molecular weight is 383 g/mol. The van der Waals surface area contributed by atoms with E-state index in [4.69, 9.17) is 9.47 Å². The van der Waals surface area contributed by atoms with Gasteiger partial charge in [0.25, 0.3) is 0 Å². The zero-order chi connectivity index (χ0) is 19.2. The van der Waals surface area contributed by atoms with Gasteiger partial charge in [0.2, 0.25) is 0 Å². The highest BCUT2D eigenvalue weighted by Gasteiger charge is 2.26. The highest BCUT2D eigenvalue weighted by atomic mass is 16.5. The molecule has 1 aliphatic heterocycles. The van der Waals surface area contributed by atoms with Crippen LogP contribution in [0.15, 0.2) is 42.7 Å². The van der Waals surface area contributed by atoms with Crippen molar-refractivity contribution in [2.75, 3.05) is 33.4 Å². The molecule has 1 unspecified atom stereocenters. The van der Waals surface area contributed by atoms with Crippen molar-refractivity contribution in [1.29, 1.82) is 0 Å². The molecule has 0 aliphatic carbocycles. The number of hydrogen-bond donors (Lipinski definition) is 0. The van der Waals surface area contributed by atoms with Crippen LogP contribution in [0, 0.1) is 0 Å². The molecule has 0 bridgehead atoms. The number of rotatable bonds is 8. The van der Waals surface area contributed by atoms with Crippen molar-refractivity contribution >= 4 is 0 Å². The van der Waals surface area contributed by atoms with Gasteiger partial charge in [0, 0.05) is 39.1 Å². The Bertz CT molecular complexity index is 848. The Labute approximate surface area is 163 Å². The first-order valence-corrected chi connectivity index (χ1v) is 9.46. The highest BCUT2D eigenvalue weighted by Crippen LogP contribution is 2.21. The summed E-state index contributed by atoms with van der Waals surface area (Å²) in [6.45, 7) is 5.18. The second-order valence-electron chi connectivity index (χ2n) is 6.87. The van der Waals surface area contributed by atoms with Crippen molar-refractivity contribution in [2.45, 2.75) is 25.7 Å². The third-order valence-electron chi connectivity index (χ3n) is 4.84. The highest BCUT2D eigenvalue weighted by molar-refractivity contribution is 5.22. The molecule has 1 saturated heterocycles. The Morgan fingerprint density at radius 2 is 2.00 bits per heavy atom. The van der Waals surface area contributed by atoms with Crippen molar-refractivity contribution in [3.05, 3.63) is 59.7 Å². The third kappa shape index (κ3) is 4.61. The fourth-order valence-electron chi connectivity index (χ4n) is 3.37. The molecule has 3 aromatic rings. The fraction of sp³-hybridized carbons (Fsp3) is 0.474. The molecule has 9 heteroatoms. The van der Waals surface area contributed by atoms with Crippen molar-refractivity contribution in [1.82, 2.24) is 34.9 Å². The Balaban J connectivity index is 1.35. The van der Waals surface area contributed by atoms with Gasteiger partial charge in [-0.25, -0.2) is 4.68 Å². The Kier molecular flexibility index (Phi) is 6.05. The summed E-state index contributed by atoms with van der Waals surface area (Å²) in [7, 11) is 1.67. The molecule has 2 aromatic heterocycles. The molecule has 148 valence electrons. The minimum Gasteiger partial charge on any atom is -0.383 e. The van der Waals surface area contributed by atoms with Crippen molar-refractivity contribution in [2.24, 2.45) is 0 Å². The van der Waals surface area contributed by atoms with Gasteiger partial charge in [-0.3, -0.25) is 9.58 Å². The maximum Gasteiger partial charge on any atom is 0.181 e. The summed E-state index contributed by atoms with van der Waals surface area (Å²) in [6, 6.07) is 10.6. The van der Waals surface area contributed by atoms with Crippen LogP contribution in [0.5, 0.6) is 0 Å². The Morgan fingerprint density at radius 3 is 2.75 bits per heavy atom. The Hall–Kier alpha value is -2.62. The number of ether oxygens (including phenoxy) is 2. The van der Waals surface area contributed by atoms with Crippen LogP contribution in [0.2, 0.25) is 0 Å². The normalized spacial score (nSPS) is 17.8. The third-order valence-corrected chi connectivity index (χ3v) is 4.84. The zero-order valence-corrected chi connectivity index (χ0v) is 16.0. The maximum atomic E-state index is 5.93. The van der Waals surface area contributed by atoms with Crippen LogP contribution in [0.25, 0.3) is 0 Å². The minimum atomic E-state index is -0.125. The first kappa shape index (κ1) is 18.7. The number of methoxy groups -OCH3 is 1. The van der Waals surface area contributed by atoms with Crippen LogP contribution in [-0.4, -0.2) is 68.3 Å². The van der Waals surface area contributed by atoms with Crippen LogP contribution in [0.3, 0.4) is 0 Å². The molecule has 0 spiro atoms. The van der Waals surface area contributed by atoms with Crippen molar-refractivity contribution < 1.29 is 9.47 Å². The summed E-state index contributed by atoms with van der Waals surface area (Å²) in [5.41, 5.74) is 2.52. The molecule has 3 heterocycles. The first-order valence-electron chi connectivity index (χ1n) is 9.46. The molecule has 0 N–H and O–H groups in total. The second-order valence-corrected chi connectivity index (χ2v) is 6.87. The quantitative estimate of drug-likeness (QED) is 0.577. The summed E-state index contributed by atoms with van der Waals surface area (Å²) in [4.78, 5) is 2.38. The van der Waals surface area contributed by atoms with E-state index in [1.165, 1.54) is 11.1 Å². The summed E-state index contributed by atoms with van der Waals surface area (Å²) >= 11 is 0. The number of nitrogens with zero attached hydrogens (tertiary/aromatic N) is 7. The fourth-order valence-corrected chi connectivity index (χ4v) is 3.37. The zero-order valence-electron chi connectivity index (χ0n) is 16.0. The van der Waals surface area contributed by atoms with E-state index in [9.17, 15) is 0 Å². The van der Waals surface area contributed by atoms with Crippen molar-refractivity contribution in [3.63, 3.8) is 0 Å². The van der Waals surface area contributed by atoms with E-state index in [1.54, 1.807) is 18.0 Å². The molecule has 1 fully saturated rings. The van der Waals surface area contributed by atoms with Crippen LogP contribution >= 0.6 is 0 Å². The number of benzene rings is 1. The first-order chi connectivity index (χ1) is 13.8. The summed E-state index contributed by atoms with van der Waals surface area (Å²) < 4.78 is 14.8.